The molecule has 0 aliphatic carbocycles. The van der Waals surface area contributed by atoms with Gasteiger partial charge in [-0.3, -0.25) is 0 Å². The van der Waals surface area contributed by atoms with Crippen LogP contribution in [-0.2, 0) is 0 Å². The summed E-state index contributed by atoms with van der Waals surface area (Å²) in [6.07, 6.45) is 0. The van der Waals surface area contributed by atoms with Crippen LogP contribution in [0.3, 0.4) is 0 Å². The topological polar surface area (TPSA) is 74.2 Å². The Bertz CT molecular complexity index is 870. The second kappa shape index (κ2) is 5.96. The number of hydrogen-bond acceptors (Lipinski definition) is 5. The van der Waals surface area contributed by atoms with Gasteiger partial charge in [0.05, 0.1) is 5.69 Å². The molecule has 3 aromatic carbocycles. The van der Waals surface area contributed by atoms with E-state index in [0.29, 0.717) is 17.1 Å². The van der Waals surface area contributed by atoms with Gasteiger partial charge in [-0.05, 0) is 47.9 Å². The van der Waals surface area contributed by atoms with E-state index in [0.717, 1.165) is 16.5 Å². The summed E-state index contributed by atoms with van der Waals surface area (Å²) in [6.45, 7) is 0. The highest BCUT2D eigenvalue weighted by Gasteiger charge is 2.08. The maximum absolute atomic E-state index is 10.2. The molecule has 116 valence electrons. The van der Waals surface area contributed by atoms with Crippen molar-refractivity contribution in [3.05, 3.63) is 54.6 Å². The van der Waals surface area contributed by atoms with Gasteiger partial charge in [0, 0.05) is 30.9 Å². The first-order valence-corrected chi connectivity index (χ1v) is 7.25. The van der Waals surface area contributed by atoms with Gasteiger partial charge in [-0.2, -0.15) is 5.11 Å². The minimum atomic E-state index is 0.104. The van der Waals surface area contributed by atoms with E-state index in [1.54, 1.807) is 30.3 Å². The SMILES string of the molecule is CN(C)c1ccc2ccc(O)c(N=Nc3ccc(N)cc3)c2c1. The lowest BCUT2D eigenvalue weighted by atomic mass is 10.1. The fraction of sp³-hybridized carbons (Fsp3) is 0.111. The number of hydrogen-bond donors (Lipinski definition) is 2. The van der Waals surface area contributed by atoms with Crippen molar-refractivity contribution in [1.29, 1.82) is 0 Å². The minimum Gasteiger partial charge on any atom is -0.506 e. The number of phenolic OH excluding ortho intramolecular Hbond substituents is 1. The summed E-state index contributed by atoms with van der Waals surface area (Å²) in [5.74, 6) is 0.104. The molecule has 0 amide bonds. The molecule has 0 aromatic heterocycles. The van der Waals surface area contributed by atoms with Crippen LogP contribution in [0.5, 0.6) is 5.75 Å². The standard InChI is InChI=1S/C18H18N4O/c1-22(2)15-9-3-12-4-10-17(23)18(16(12)11-15)21-20-14-7-5-13(19)6-8-14/h3-11,23H,19H2,1-2H3. The smallest absolute Gasteiger partial charge is 0.143 e. The van der Waals surface area contributed by atoms with Gasteiger partial charge in [0.15, 0.2) is 0 Å². The molecule has 3 N–H and O–H groups in total. The van der Waals surface area contributed by atoms with Crippen LogP contribution in [-0.4, -0.2) is 19.2 Å². The van der Waals surface area contributed by atoms with Crippen LogP contribution >= 0.6 is 0 Å². The molecule has 5 heteroatoms. The maximum Gasteiger partial charge on any atom is 0.143 e. The normalized spacial score (nSPS) is 11.2. The Hall–Kier alpha value is -3.08. The molecular formula is C18H18N4O. The van der Waals surface area contributed by atoms with E-state index in [1.807, 2.05) is 43.3 Å². The summed E-state index contributed by atoms with van der Waals surface area (Å²) in [5, 5.41) is 20.5. The maximum atomic E-state index is 10.2. The van der Waals surface area contributed by atoms with Gasteiger partial charge < -0.3 is 15.7 Å². The molecule has 0 radical (unpaired) electrons. The zero-order chi connectivity index (χ0) is 16.4. The summed E-state index contributed by atoms with van der Waals surface area (Å²) in [4.78, 5) is 2.00. The Balaban J connectivity index is 2.09. The van der Waals surface area contributed by atoms with Gasteiger partial charge in [0.25, 0.3) is 0 Å². The zero-order valence-electron chi connectivity index (χ0n) is 13.1. The predicted octanol–water partition coefficient (Wildman–Crippen LogP) is 4.61. The first-order valence-electron chi connectivity index (χ1n) is 7.25. The van der Waals surface area contributed by atoms with E-state index in [4.69, 9.17) is 5.73 Å². The molecule has 0 saturated heterocycles. The highest BCUT2D eigenvalue weighted by atomic mass is 16.3. The summed E-state index contributed by atoms with van der Waals surface area (Å²) >= 11 is 0. The molecule has 3 aromatic rings. The van der Waals surface area contributed by atoms with Crippen molar-refractivity contribution in [2.45, 2.75) is 0 Å². The highest BCUT2D eigenvalue weighted by Crippen LogP contribution is 2.37. The van der Waals surface area contributed by atoms with Gasteiger partial charge in [-0.15, -0.1) is 5.11 Å². The fourth-order valence-corrected chi connectivity index (χ4v) is 2.31. The van der Waals surface area contributed by atoms with E-state index in [2.05, 4.69) is 10.2 Å². The average Bonchev–Trinajstić information content (AvgIpc) is 2.55. The van der Waals surface area contributed by atoms with Crippen LogP contribution in [0.1, 0.15) is 0 Å². The summed E-state index contributed by atoms with van der Waals surface area (Å²) in [5.41, 5.74) is 8.51. The summed E-state index contributed by atoms with van der Waals surface area (Å²) in [6, 6.07) is 16.6. The van der Waals surface area contributed by atoms with Crippen LogP contribution in [0.25, 0.3) is 10.8 Å². The number of nitrogens with zero attached hydrogens (tertiary/aromatic N) is 3. The second-order valence-corrected chi connectivity index (χ2v) is 5.52. The van der Waals surface area contributed by atoms with Crippen LogP contribution in [0.4, 0.5) is 22.7 Å². The van der Waals surface area contributed by atoms with Crippen molar-refractivity contribution < 1.29 is 5.11 Å². The number of fused-ring (bicyclic) bond motifs is 1. The van der Waals surface area contributed by atoms with E-state index in [1.165, 1.54) is 0 Å². The Morgan fingerprint density at radius 2 is 1.61 bits per heavy atom. The molecular weight excluding hydrogens is 288 g/mol. The van der Waals surface area contributed by atoms with Gasteiger partial charge in [-0.1, -0.05) is 12.1 Å². The monoisotopic (exact) mass is 306 g/mol. The molecule has 0 aliphatic rings. The largest absolute Gasteiger partial charge is 0.506 e. The van der Waals surface area contributed by atoms with Crippen LogP contribution in [0.2, 0.25) is 0 Å². The molecule has 0 fully saturated rings. The number of aromatic hydroxyl groups is 1. The molecule has 0 saturated carbocycles. The lowest BCUT2D eigenvalue weighted by molar-refractivity contribution is 0.477. The first-order chi connectivity index (χ1) is 11.0. The third-order valence-electron chi connectivity index (χ3n) is 3.63. The zero-order valence-corrected chi connectivity index (χ0v) is 13.1. The molecule has 3 rings (SSSR count). The van der Waals surface area contributed by atoms with Gasteiger partial charge >= 0.3 is 0 Å². The Morgan fingerprint density at radius 3 is 2.30 bits per heavy atom. The Morgan fingerprint density at radius 1 is 0.913 bits per heavy atom. The highest BCUT2D eigenvalue weighted by molar-refractivity contribution is 5.97. The van der Waals surface area contributed by atoms with E-state index >= 15 is 0 Å². The minimum absolute atomic E-state index is 0.104. The second-order valence-electron chi connectivity index (χ2n) is 5.52. The third-order valence-corrected chi connectivity index (χ3v) is 3.63. The van der Waals surface area contributed by atoms with Crippen molar-refractivity contribution >= 4 is 33.5 Å². The Kier molecular flexibility index (Phi) is 3.85. The van der Waals surface area contributed by atoms with Gasteiger partial charge in [0.2, 0.25) is 0 Å². The lowest BCUT2D eigenvalue weighted by Crippen LogP contribution is -2.07. The van der Waals surface area contributed by atoms with Crippen molar-refractivity contribution in [1.82, 2.24) is 0 Å². The predicted molar refractivity (Wildman–Crippen MR) is 95.0 cm³/mol. The van der Waals surface area contributed by atoms with Gasteiger partial charge in [0.1, 0.15) is 11.4 Å². The molecule has 0 aliphatic heterocycles. The van der Waals surface area contributed by atoms with E-state index in [9.17, 15) is 5.11 Å². The molecule has 0 bridgehead atoms. The molecule has 23 heavy (non-hydrogen) atoms. The van der Waals surface area contributed by atoms with Crippen LogP contribution in [0, 0.1) is 0 Å². The van der Waals surface area contributed by atoms with Crippen molar-refractivity contribution in [2.75, 3.05) is 24.7 Å². The molecule has 0 spiro atoms. The third kappa shape index (κ3) is 3.08. The fourth-order valence-electron chi connectivity index (χ4n) is 2.31. The van der Waals surface area contributed by atoms with Crippen molar-refractivity contribution in [3.63, 3.8) is 0 Å². The molecule has 0 heterocycles. The molecule has 5 nitrogen and oxygen atoms in total. The number of azo groups is 1. The number of benzene rings is 3. The Labute approximate surface area is 134 Å². The van der Waals surface area contributed by atoms with Crippen LogP contribution in [0.15, 0.2) is 64.8 Å². The van der Waals surface area contributed by atoms with Gasteiger partial charge in [-0.25, -0.2) is 0 Å². The van der Waals surface area contributed by atoms with Crippen molar-refractivity contribution in [3.8, 4) is 5.75 Å². The average molecular weight is 306 g/mol. The van der Waals surface area contributed by atoms with Crippen LogP contribution < -0.4 is 10.6 Å². The quantitative estimate of drug-likeness (QED) is 0.548. The summed E-state index contributed by atoms with van der Waals surface area (Å²) in [7, 11) is 3.94. The van der Waals surface area contributed by atoms with E-state index in [-0.39, 0.29) is 5.75 Å². The summed E-state index contributed by atoms with van der Waals surface area (Å²) < 4.78 is 0. The van der Waals surface area contributed by atoms with Crippen molar-refractivity contribution in [2.24, 2.45) is 10.2 Å². The lowest BCUT2D eigenvalue weighted by Gasteiger charge is -2.14. The number of phenols is 1. The number of nitrogens with two attached hydrogens (primary N) is 1. The first kappa shape index (κ1) is 14.8. The molecule has 0 atom stereocenters. The number of rotatable bonds is 3. The van der Waals surface area contributed by atoms with E-state index < -0.39 is 0 Å². The number of nitrogen functional groups attached to an aromatic ring is 1. The molecule has 0 unspecified atom stereocenters. The number of anilines is 2.